The third-order valence-corrected chi connectivity index (χ3v) is 15.0. The molecule has 0 aliphatic carbocycles. The first kappa shape index (κ1) is 51.0. The summed E-state index contributed by atoms with van der Waals surface area (Å²) in [5.74, 6) is 0. The van der Waals surface area contributed by atoms with Crippen LogP contribution in [0.3, 0.4) is 0 Å². The number of hydrogen-bond donors (Lipinski definition) is 1. The lowest BCUT2D eigenvalue weighted by atomic mass is 9.73. The molecule has 2 aliphatic heterocycles. The number of para-hydroxylation sites is 6. The molecule has 4 nitrogen and oxygen atoms in total. The normalized spacial score (nSPS) is 13.3. The van der Waals surface area contributed by atoms with Crippen LogP contribution >= 0.6 is 39.1 Å². The highest BCUT2D eigenvalue weighted by molar-refractivity contribution is 9.10. The summed E-state index contributed by atoms with van der Waals surface area (Å²) in [5.41, 5.74) is 20.0. The Morgan fingerprint density at radius 1 is 0.373 bits per heavy atom. The van der Waals surface area contributed by atoms with Crippen LogP contribution in [0.4, 0.5) is 62.6 Å². The van der Waals surface area contributed by atoms with Gasteiger partial charge in [0.05, 0.1) is 22.7 Å². The Hall–Kier alpha value is -7.54. The summed E-state index contributed by atoms with van der Waals surface area (Å²) in [6.45, 7) is 13.4. The molecule has 0 radical (unpaired) electrons. The molecule has 1 N–H and O–H groups in total. The van der Waals surface area contributed by atoms with E-state index in [0.29, 0.717) is 0 Å². The molecular weight excluding hydrogens is 1020 g/mol. The average Bonchev–Trinajstić information content (AvgIpc) is 3.40. The van der Waals surface area contributed by atoms with E-state index in [9.17, 15) is 0 Å². The fourth-order valence-corrected chi connectivity index (χ4v) is 11.9. The zero-order chi connectivity index (χ0) is 52.3. The Labute approximate surface area is 461 Å². The Morgan fingerprint density at radius 3 is 1.33 bits per heavy atom. The Morgan fingerprint density at radius 2 is 0.813 bits per heavy atom. The van der Waals surface area contributed by atoms with Crippen LogP contribution in [0, 0.1) is 13.8 Å². The third kappa shape index (κ3) is 10.7. The minimum absolute atomic E-state index is 0.0917. The monoisotopic (exact) mass is 1080 g/mol. The first-order chi connectivity index (χ1) is 36.3. The number of anilines is 11. The van der Waals surface area contributed by atoms with Crippen LogP contribution in [-0.4, -0.2) is 0 Å². The van der Waals surface area contributed by atoms with Gasteiger partial charge >= 0.3 is 0 Å². The zero-order valence-electron chi connectivity index (χ0n) is 43.1. The Balaban J connectivity index is 0.000000150. The highest BCUT2D eigenvalue weighted by Gasteiger charge is 2.38. The number of benzene rings is 10. The second-order valence-corrected chi connectivity index (χ2v) is 21.9. The lowest BCUT2D eigenvalue weighted by Crippen LogP contribution is -2.30. The van der Waals surface area contributed by atoms with Crippen LogP contribution in [0.2, 0.25) is 10.0 Å². The summed E-state index contributed by atoms with van der Waals surface area (Å²) in [4.78, 5) is 7.06. The van der Waals surface area contributed by atoms with Crippen molar-refractivity contribution in [2.45, 2.75) is 52.4 Å². The largest absolute Gasteiger partial charge is 0.356 e. The van der Waals surface area contributed by atoms with Crippen molar-refractivity contribution < 1.29 is 0 Å². The predicted molar refractivity (Wildman–Crippen MR) is 325 cm³/mol. The van der Waals surface area contributed by atoms with Crippen LogP contribution in [0.5, 0.6) is 0 Å². The fraction of sp³-hybridized carbons (Fsp3) is 0.118. The number of halogens is 3. The highest BCUT2D eigenvalue weighted by Crippen LogP contribution is 2.54. The smallest absolute Gasteiger partial charge is 0.0504 e. The average molecular weight is 1080 g/mol. The minimum atomic E-state index is -0.181. The number of nitrogens with zero attached hydrogens (tertiary/aromatic N) is 3. The van der Waals surface area contributed by atoms with Gasteiger partial charge in [0.2, 0.25) is 0 Å². The Kier molecular flexibility index (Phi) is 14.8. The molecule has 372 valence electrons. The third-order valence-electron chi connectivity index (χ3n) is 14.1. The molecule has 2 heterocycles. The van der Waals surface area contributed by atoms with Gasteiger partial charge in [0.25, 0.3) is 0 Å². The molecule has 0 aromatic heterocycles. The van der Waals surface area contributed by atoms with Crippen molar-refractivity contribution in [3.8, 4) is 0 Å². The molecule has 2 aliphatic rings. The predicted octanol–water partition coefficient (Wildman–Crippen LogP) is 21.2. The maximum Gasteiger partial charge on any atom is 0.0504 e. The first-order valence-corrected chi connectivity index (χ1v) is 26.9. The van der Waals surface area contributed by atoms with Gasteiger partial charge in [-0.2, -0.15) is 0 Å². The van der Waals surface area contributed by atoms with Crippen molar-refractivity contribution in [2.24, 2.45) is 0 Å². The van der Waals surface area contributed by atoms with Gasteiger partial charge in [-0.3, -0.25) is 0 Å². The SMILES string of the molecule is CC1(C)c2ccccc2N(c2ccccc2)c2ccc(Nc3ccccc3)cc21.Cc1cc(Cl)cc(Br)c1.Cc1cc(Cl)cc(N(c2ccccc2)c2ccc3c(c2)C(C)(C)c2ccccc2N3c2ccccc2)c1. The van der Waals surface area contributed by atoms with E-state index in [2.05, 4.69) is 277 Å². The van der Waals surface area contributed by atoms with Crippen molar-refractivity contribution in [1.29, 1.82) is 0 Å². The number of aryl methyl sites for hydroxylation is 2. The van der Waals surface area contributed by atoms with Gasteiger partial charge in [0, 0.05) is 65.2 Å². The summed E-state index contributed by atoms with van der Waals surface area (Å²) < 4.78 is 1.03. The van der Waals surface area contributed by atoms with Gasteiger partial charge in [-0.15, -0.1) is 0 Å². The van der Waals surface area contributed by atoms with Crippen molar-refractivity contribution in [2.75, 3.05) is 20.0 Å². The molecule has 0 unspecified atom stereocenters. The van der Waals surface area contributed by atoms with Crippen molar-refractivity contribution in [1.82, 2.24) is 0 Å². The number of hydrogen-bond acceptors (Lipinski definition) is 4. The molecule has 75 heavy (non-hydrogen) atoms. The van der Waals surface area contributed by atoms with E-state index < -0.39 is 0 Å². The molecule has 0 bridgehead atoms. The van der Waals surface area contributed by atoms with E-state index in [0.717, 1.165) is 54.2 Å². The second kappa shape index (κ2) is 21.7. The van der Waals surface area contributed by atoms with Gasteiger partial charge in [-0.25, -0.2) is 0 Å². The van der Waals surface area contributed by atoms with Gasteiger partial charge < -0.3 is 20.0 Å². The van der Waals surface area contributed by atoms with Gasteiger partial charge in [0.15, 0.2) is 0 Å². The van der Waals surface area contributed by atoms with Crippen LogP contribution in [0.1, 0.15) is 61.1 Å². The molecule has 12 rings (SSSR count). The van der Waals surface area contributed by atoms with Gasteiger partial charge in [0.1, 0.15) is 0 Å². The van der Waals surface area contributed by atoms with E-state index in [1.165, 1.54) is 56.3 Å². The van der Waals surface area contributed by atoms with Crippen molar-refractivity contribution in [3.63, 3.8) is 0 Å². The Bertz CT molecular complexity index is 3530. The van der Waals surface area contributed by atoms with E-state index in [4.69, 9.17) is 23.2 Å². The summed E-state index contributed by atoms with van der Waals surface area (Å²) in [6.07, 6.45) is 0. The summed E-state index contributed by atoms with van der Waals surface area (Å²) in [7, 11) is 0. The molecule has 10 aromatic rings. The van der Waals surface area contributed by atoms with E-state index in [1.807, 2.05) is 43.3 Å². The van der Waals surface area contributed by atoms with Gasteiger partial charge in [-0.1, -0.05) is 176 Å². The standard InChI is InChI=1S/C34H29ClN2.C27H24N2.C7H6BrCl/c1-24-20-25(35)22-29(21-24)36(26-12-6-4-7-13-26)28-18-19-33-31(23-28)34(2,3)30-16-10-11-17-32(30)37(33)27-14-8-5-9-15-27;1-27(2)23-15-9-10-16-25(23)29(22-13-7-4-8-14-22)26-18-17-21(19-24(26)27)28-20-11-5-3-6-12-20;1-5-2-6(8)4-7(9)3-5/h4-23H,1-3H3;3-19,28H,1-2H3;2-4H,1H3. The fourth-order valence-electron chi connectivity index (χ4n) is 10.6. The lowest BCUT2D eigenvalue weighted by molar-refractivity contribution is 0.632. The first-order valence-electron chi connectivity index (χ1n) is 25.3. The van der Waals surface area contributed by atoms with Crippen LogP contribution < -0.4 is 20.0 Å². The summed E-state index contributed by atoms with van der Waals surface area (Å²) >= 11 is 15.6. The van der Waals surface area contributed by atoms with E-state index in [1.54, 1.807) is 0 Å². The molecule has 10 aromatic carbocycles. The molecule has 0 amide bonds. The number of fused-ring (bicyclic) bond motifs is 4. The second-order valence-electron chi connectivity index (χ2n) is 20.2. The van der Waals surface area contributed by atoms with Crippen LogP contribution in [0.15, 0.2) is 247 Å². The van der Waals surface area contributed by atoms with Crippen LogP contribution in [-0.2, 0) is 10.8 Å². The number of nitrogens with one attached hydrogen (secondary N) is 1. The van der Waals surface area contributed by atoms with Gasteiger partial charge in [-0.05, 0) is 181 Å². The highest BCUT2D eigenvalue weighted by atomic mass is 79.9. The minimum Gasteiger partial charge on any atom is -0.356 e. The molecule has 0 spiro atoms. The summed E-state index contributed by atoms with van der Waals surface area (Å²) in [5, 5.41) is 5.07. The maximum absolute atomic E-state index is 6.54. The lowest BCUT2D eigenvalue weighted by Gasteiger charge is -2.42. The van der Waals surface area contributed by atoms with Crippen molar-refractivity contribution in [3.05, 3.63) is 291 Å². The van der Waals surface area contributed by atoms with Crippen LogP contribution in [0.25, 0.3) is 0 Å². The molecule has 0 atom stereocenters. The molecular formula is C68H59BrCl2N4. The van der Waals surface area contributed by atoms with E-state index >= 15 is 0 Å². The van der Waals surface area contributed by atoms with Crippen molar-refractivity contribution >= 4 is 102 Å². The number of rotatable bonds is 7. The van der Waals surface area contributed by atoms with E-state index in [-0.39, 0.29) is 10.8 Å². The molecule has 7 heteroatoms. The molecule has 0 fully saturated rings. The maximum atomic E-state index is 6.54. The zero-order valence-corrected chi connectivity index (χ0v) is 46.2. The summed E-state index contributed by atoms with van der Waals surface area (Å²) in [6, 6.07) is 85.2. The topological polar surface area (TPSA) is 21.8 Å². The molecule has 0 saturated heterocycles. The quantitative estimate of drug-likeness (QED) is 0.172. The molecule has 0 saturated carbocycles.